The van der Waals surface area contributed by atoms with E-state index >= 15 is 0 Å². The van der Waals surface area contributed by atoms with Crippen molar-refractivity contribution in [2.45, 2.75) is 19.5 Å². The van der Waals surface area contributed by atoms with E-state index in [1.54, 1.807) is 42.3 Å². The molecule has 0 spiro atoms. The van der Waals surface area contributed by atoms with Crippen LogP contribution in [-0.4, -0.2) is 15.5 Å². The van der Waals surface area contributed by atoms with Crippen LogP contribution in [0.15, 0.2) is 41.4 Å². The van der Waals surface area contributed by atoms with Gasteiger partial charge >= 0.3 is 0 Å². The number of nitrogens with zero attached hydrogens (tertiary/aromatic N) is 2. The number of hydrogen-bond donors (Lipinski definition) is 1. The quantitative estimate of drug-likeness (QED) is 0.939. The standard InChI is InChI=1S/C13H13BrFN3O/c1-9(18-5-4-16-8-18)13(19)17-7-10-6-11(14)2-3-12(10)15/h2-6,8-9H,7H2,1H3,(H,17,19). The van der Waals surface area contributed by atoms with Crippen LogP contribution in [0.3, 0.4) is 0 Å². The van der Waals surface area contributed by atoms with Gasteiger partial charge in [0.05, 0.1) is 6.33 Å². The second-order valence-corrected chi connectivity index (χ2v) is 5.06. The van der Waals surface area contributed by atoms with Crippen molar-refractivity contribution in [3.63, 3.8) is 0 Å². The fraction of sp³-hybridized carbons (Fsp3) is 0.231. The molecular weight excluding hydrogens is 313 g/mol. The number of nitrogens with one attached hydrogen (secondary N) is 1. The lowest BCUT2D eigenvalue weighted by Crippen LogP contribution is -2.30. The first-order chi connectivity index (χ1) is 9.08. The fourth-order valence-electron chi connectivity index (χ4n) is 1.64. The van der Waals surface area contributed by atoms with Crippen LogP contribution in [0.4, 0.5) is 4.39 Å². The average Bonchev–Trinajstić information content (AvgIpc) is 2.92. The Balaban J connectivity index is 1.99. The van der Waals surface area contributed by atoms with E-state index in [-0.39, 0.29) is 24.3 Å². The molecular formula is C13H13BrFN3O. The normalized spacial score (nSPS) is 12.2. The summed E-state index contributed by atoms with van der Waals surface area (Å²) in [6.45, 7) is 1.91. The van der Waals surface area contributed by atoms with Gasteiger partial charge in [-0.15, -0.1) is 0 Å². The maximum absolute atomic E-state index is 13.5. The summed E-state index contributed by atoms with van der Waals surface area (Å²) in [5.41, 5.74) is 0.445. The van der Waals surface area contributed by atoms with E-state index in [0.29, 0.717) is 5.56 Å². The molecule has 4 nitrogen and oxygen atoms in total. The highest BCUT2D eigenvalue weighted by Crippen LogP contribution is 2.15. The van der Waals surface area contributed by atoms with Crippen LogP contribution < -0.4 is 5.32 Å². The smallest absolute Gasteiger partial charge is 0.243 e. The summed E-state index contributed by atoms with van der Waals surface area (Å²) in [6, 6.07) is 4.26. The minimum absolute atomic E-state index is 0.156. The molecule has 0 saturated carbocycles. The Labute approximate surface area is 118 Å². The maximum Gasteiger partial charge on any atom is 0.243 e. The van der Waals surface area contributed by atoms with E-state index in [0.717, 1.165) is 4.47 Å². The SMILES string of the molecule is CC(C(=O)NCc1cc(Br)ccc1F)n1ccnc1. The van der Waals surface area contributed by atoms with Gasteiger partial charge in [0.2, 0.25) is 5.91 Å². The Morgan fingerprint density at radius 2 is 2.37 bits per heavy atom. The van der Waals surface area contributed by atoms with E-state index < -0.39 is 0 Å². The van der Waals surface area contributed by atoms with Gasteiger partial charge in [-0.3, -0.25) is 4.79 Å². The number of hydrogen-bond acceptors (Lipinski definition) is 2. The topological polar surface area (TPSA) is 46.9 Å². The van der Waals surface area contributed by atoms with Crippen molar-refractivity contribution in [2.75, 3.05) is 0 Å². The van der Waals surface area contributed by atoms with E-state index in [2.05, 4.69) is 26.2 Å². The van der Waals surface area contributed by atoms with Gasteiger partial charge in [0.25, 0.3) is 0 Å². The second kappa shape index (κ2) is 5.97. The molecule has 2 aromatic rings. The highest BCUT2D eigenvalue weighted by Gasteiger charge is 2.14. The van der Waals surface area contributed by atoms with E-state index in [1.165, 1.54) is 6.07 Å². The van der Waals surface area contributed by atoms with Gasteiger partial charge in [0.15, 0.2) is 0 Å². The van der Waals surface area contributed by atoms with Crippen LogP contribution in [0.1, 0.15) is 18.5 Å². The summed E-state index contributed by atoms with van der Waals surface area (Å²) in [4.78, 5) is 15.8. The van der Waals surface area contributed by atoms with Crippen LogP contribution in [0.5, 0.6) is 0 Å². The third kappa shape index (κ3) is 3.41. The zero-order valence-corrected chi connectivity index (χ0v) is 11.9. The lowest BCUT2D eigenvalue weighted by atomic mass is 10.2. The summed E-state index contributed by atoms with van der Waals surface area (Å²) in [7, 11) is 0. The predicted octanol–water partition coefficient (Wildman–Crippen LogP) is 2.66. The minimum Gasteiger partial charge on any atom is -0.350 e. The first kappa shape index (κ1) is 13.7. The van der Waals surface area contributed by atoms with Crippen LogP contribution >= 0.6 is 15.9 Å². The van der Waals surface area contributed by atoms with Gasteiger partial charge in [-0.2, -0.15) is 0 Å². The number of carbonyl (C=O) groups is 1. The van der Waals surface area contributed by atoms with Gasteiger partial charge in [-0.1, -0.05) is 15.9 Å². The first-order valence-electron chi connectivity index (χ1n) is 5.77. The average molecular weight is 326 g/mol. The van der Waals surface area contributed by atoms with Crippen molar-refractivity contribution in [3.05, 3.63) is 52.8 Å². The molecule has 0 fully saturated rings. The molecule has 100 valence electrons. The van der Waals surface area contributed by atoms with Crippen molar-refractivity contribution in [3.8, 4) is 0 Å². The molecule has 0 aliphatic rings. The predicted molar refractivity (Wildman–Crippen MR) is 72.9 cm³/mol. The zero-order chi connectivity index (χ0) is 13.8. The van der Waals surface area contributed by atoms with Gasteiger partial charge in [0, 0.05) is 29.0 Å². The molecule has 19 heavy (non-hydrogen) atoms. The molecule has 2 rings (SSSR count). The van der Waals surface area contributed by atoms with Crippen LogP contribution in [0.2, 0.25) is 0 Å². The molecule has 1 aromatic heterocycles. The molecule has 1 amide bonds. The van der Waals surface area contributed by atoms with Gasteiger partial charge in [0.1, 0.15) is 11.9 Å². The number of halogens is 2. The Morgan fingerprint density at radius 1 is 1.58 bits per heavy atom. The second-order valence-electron chi connectivity index (χ2n) is 4.14. The Bertz CT molecular complexity index is 571. The number of carbonyl (C=O) groups excluding carboxylic acids is 1. The van der Waals surface area contributed by atoms with Gasteiger partial charge in [-0.05, 0) is 25.1 Å². The summed E-state index contributed by atoms with van der Waals surface area (Å²) in [5.74, 6) is -0.517. The molecule has 0 saturated heterocycles. The molecule has 1 heterocycles. The lowest BCUT2D eigenvalue weighted by Gasteiger charge is -2.13. The minimum atomic E-state index is -0.377. The number of amides is 1. The molecule has 1 atom stereocenters. The summed E-state index contributed by atoms with van der Waals surface area (Å²) >= 11 is 3.27. The molecule has 0 aliphatic carbocycles. The van der Waals surface area contributed by atoms with Crippen molar-refractivity contribution >= 4 is 21.8 Å². The Morgan fingerprint density at radius 3 is 3.05 bits per heavy atom. The lowest BCUT2D eigenvalue weighted by molar-refractivity contribution is -0.124. The number of benzene rings is 1. The zero-order valence-electron chi connectivity index (χ0n) is 10.3. The third-order valence-electron chi connectivity index (χ3n) is 2.81. The Hall–Kier alpha value is -1.69. The molecule has 0 bridgehead atoms. The van der Waals surface area contributed by atoms with Gasteiger partial charge in [-0.25, -0.2) is 9.37 Å². The number of aromatic nitrogens is 2. The summed E-state index contributed by atoms with van der Waals surface area (Å²) in [5, 5.41) is 2.71. The monoisotopic (exact) mass is 325 g/mol. The summed E-state index contributed by atoms with van der Waals surface area (Å²) < 4.78 is 16.0. The summed E-state index contributed by atoms with van der Waals surface area (Å²) in [6.07, 6.45) is 4.89. The highest BCUT2D eigenvalue weighted by molar-refractivity contribution is 9.10. The molecule has 1 unspecified atom stereocenters. The number of rotatable bonds is 4. The van der Waals surface area contributed by atoms with E-state index in [1.807, 2.05) is 0 Å². The van der Waals surface area contributed by atoms with E-state index in [4.69, 9.17) is 0 Å². The van der Waals surface area contributed by atoms with Crippen molar-refractivity contribution in [1.82, 2.24) is 14.9 Å². The molecule has 1 aromatic carbocycles. The van der Waals surface area contributed by atoms with Gasteiger partial charge < -0.3 is 9.88 Å². The van der Waals surface area contributed by atoms with E-state index in [9.17, 15) is 9.18 Å². The Kier molecular flexibility index (Phi) is 4.31. The van der Waals surface area contributed by atoms with Crippen molar-refractivity contribution in [2.24, 2.45) is 0 Å². The van der Waals surface area contributed by atoms with Crippen molar-refractivity contribution in [1.29, 1.82) is 0 Å². The maximum atomic E-state index is 13.5. The third-order valence-corrected chi connectivity index (χ3v) is 3.31. The molecule has 0 aliphatic heterocycles. The van der Waals surface area contributed by atoms with Crippen molar-refractivity contribution < 1.29 is 9.18 Å². The highest BCUT2D eigenvalue weighted by atomic mass is 79.9. The van der Waals surface area contributed by atoms with Crippen LogP contribution in [0, 0.1) is 5.82 Å². The van der Waals surface area contributed by atoms with Crippen LogP contribution in [-0.2, 0) is 11.3 Å². The largest absolute Gasteiger partial charge is 0.350 e. The fourth-order valence-corrected chi connectivity index (χ4v) is 2.05. The molecule has 0 radical (unpaired) electrons. The van der Waals surface area contributed by atoms with Crippen LogP contribution in [0.25, 0.3) is 0 Å². The molecule has 6 heteroatoms. The number of imidazole rings is 1. The molecule has 1 N–H and O–H groups in total. The first-order valence-corrected chi connectivity index (χ1v) is 6.56.